The minimum Gasteiger partial charge on any atom is -0.388 e. The molecular formula is C15H27NO4S2. The summed E-state index contributed by atoms with van der Waals surface area (Å²) in [4.78, 5) is 12.4. The number of carbonyl (C=O) groups excluding carboxylic acids is 1. The molecule has 0 aliphatic heterocycles. The van der Waals surface area contributed by atoms with Crippen LogP contribution < -0.4 is 4.72 Å². The number of hydrogen-bond acceptors (Lipinski definition) is 5. The molecule has 0 aromatic carbocycles. The van der Waals surface area contributed by atoms with E-state index in [0.717, 1.165) is 6.42 Å². The summed E-state index contributed by atoms with van der Waals surface area (Å²) >= 11 is 1.46. The van der Waals surface area contributed by atoms with E-state index in [9.17, 15) is 18.3 Å². The second kappa shape index (κ2) is 5.76. The molecule has 22 heavy (non-hydrogen) atoms. The predicted molar refractivity (Wildman–Crippen MR) is 89.4 cm³/mol. The van der Waals surface area contributed by atoms with Crippen LogP contribution in [0.3, 0.4) is 0 Å². The quantitative estimate of drug-likeness (QED) is 0.726. The number of hydrogen-bond donors (Lipinski definition) is 2. The average molecular weight is 350 g/mol. The second-order valence-corrected chi connectivity index (χ2v) is 10.3. The monoisotopic (exact) mass is 349 g/mol. The van der Waals surface area contributed by atoms with Gasteiger partial charge in [-0.2, -0.15) is 11.8 Å². The number of rotatable bonds is 7. The van der Waals surface area contributed by atoms with Gasteiger partial charge in [0, 0.05) is 24.1 Å². The van der Waals surface area contributed by atoms with E-state index >= 15 is 0 Å². The van der Waals surface area contributed by atoms with Crippen LogP contribution in [0.2, 0.25) is 0 Å². The summed E-state index contributed by atoms with van der Waals surface area (Å²) in [5, 5.41) is 10.1. The van der Waals surface area contributed by atoms with Crippen LogP contribution in [0, 0.1) is 16.7 Å². The molecule has 2 N–H and O–H groups in total. The number of fused-ring (bicyclic) bond motifs is 2. The van der Waals surface area contributed by atoms with E-state index in [2.05, 4.69) is 4.72 Å². The molecule has 7 heteroatoms. The summed E-state index contributed by atoms with van der Waals surface area (Å²) in [5.74, 6) is 0.690. The minimum absolute atomic E-state index is 0.0235. The summed E-state index contributed by atoms with van der Waals surface area (Å²) in [6, 6.07) is 0. The summed E-state index contributed by atoms with van der Waals surface area (Å²) in [7, 11) is -3.60. The van der Waals surface area contributed by atoms with Gasteiger partial charge >= 0.3 is 0 Å². The van der Waals surface area contributed by atoms with Crippen molar-refractivity contribution < 1.29 is 18.3 Å². The van der Waals surface area contributed by atoms with Crippen molar-refractivity contribution in [3.63, 3.8) is 0 Å². The lowest BCUT2D eigenvalue weighted by atomic mass is 9.70. The molecular weight excluding hydrogens is 322 g/mol. The summed E-state index contributed by atoms with van der Waals surface area (Å²) in [6.45, 7) is 5.63. The first-order valence-corrected chi connectivity index (χ1v) is 10.7. The van der Waals surface area contributed by atoms with Gasteiger partial charge in [0.25, 0.3) is 0 Å². The molecule has 2 saturated carbocycles. The normalized spacial score (nSPS) is 33.1. The molecule has 2 fully saturated rings. The van der Waals surface area contributed by atoms with Crippen LogP contribution in [0.4, 0.5) is 0 Å². The van der Waals surface area contributed by atoms with Gasteiger partial charge in [-0.15, -0.1) is 0 Å². The highest BCUT2D eigenvalue weighted by molar-refractivity contribution is 7.98. The Hall–Kier alpha value is -0.110. The third kappa shape index (κ3) is 3.09. The van der Waals surface area contributed by atoms with Crippen LogP contribution in [0.25, 0.3) is 0 Å². The van der Waals surface area contributed by atoms with Gasteiger partial charge in [0.15, 0.2) is 0 Å². The first kappa shape index (κ1) is 18.2. The first-order chi connectivity index (χ1) is 9.96. The highest BCUT2D eigenvalue weighted by Gasteiger charge is 2.65. The first-order valence-electron chi connectivity index (χ1n) is 7.68. The Bertz CT molecular complexity index is 556. The van der Waals surface area contributed by atoms with Crippen LogP contribution in [0.5, 0.6) is 0 Å². The zero-order valence-corrected chi connectivity index (χ0v) is 15.4. The molecule has 2 aliphatic carbocycles. The molecule has 0 amide bonds. The topological polar surface area (TPSA) is 83.5 Å². The number of carbonyl (C=O) groups is 1. The van der Waals surface area contributed by atoms with Crippen LogP contribution in [0.15, 0.2) is 0 Å². The Morgan fingerprint density at radius 2 is 2.09 bits per heavy atom. The molecule has 5 nitrogen and oxygen atoms in total. The van der Waals surface area contributed by atoms with E-state index in [1.165, 1.54) is 11.8 Å². The fourth-order valence-electron chi connectivity index (χ4n) is 4.11. The van der Waals surface area contributed by atoms with Gasteiger partial charge < -0.3 is 5.11 Å². The molecule has 0 radical (unpaired) electrons. The van der Waals surface area contributed by atoms with Gasteiger partial charge in [-0.3, -0.25) is 4.79 Å². The van der Waals surface area contributed by atoms with Gasteiger partial charge in [0.2, 0.25) is 10.0 Å². The molecule has 0 aromatic heterocycles. The van der Waals surface area contributed by atoms with Crippen LogP contribution in [0.1, 0.15) is 40.0 Å². The number of aliphatic hydroxyl groups is 1. The lowest BCUT2D eigenvalue weighted by molar-refractivity contribution is -0.128. The number of ketones is 1. The third-order valence-electron chi connectivity index (χ3n) is 5.70. The maximum Gasteiger partial charge on any atom is 0.212 e. The van der Waals surface area contributed by atoms with Crippen molar-refractivity contribution in [2.75, 3.05) is 24.3 Å². The average Bonchev–Trinajstić information content (AvgIpc) is 2.70. The fraction of sp³-hybridized carbons (Fsp3) is 0.933. The van der Waals surface area contributed by atoms with Gasteiger partial charge in [0.1, 0.15) is 5.78 Å². The van der Waals surface area contributed by atoms with E-state index in [1.807, 2.05) is 20.1 Å². The molecule has 2 aliphatic rings. The van der Waals surface area contributed by atoms with Crippen LogP contribution in [-0.4, -0.2) is 49.2 Å². The van der Waals surface area contributed by atoms with E-state index < -0.39 is 21.0 Å². The third-order valence-corrected chi connectivity index (χ3v) is 8.07. The van der Waals surface area contributed by atoms with Crippen molar-refractivity contribution in [2.45, 2.75) is 45.6 Å². The van der Waals surface area contributed by atoms with Gasteiger partial charge in [-0.25, -0.2) is 13.1 Å². The van der Waals surface area contributed by atoms with E-state index in [4.69, 9.17) is 0 Å². The fourth-order valence-corrected chi connectivity index (χ4v) is 6.79. The Morgan fingerprint density at radius 1 is 1.45 bits per heavy atom. The summed E-state index contributed by atoms with van der Waals surface area (Å²) in [5.41, 5.74) is -2.10. The lowest BCUT2D eigenvalue weighted by Gasteiger charge is -2.36. The van der Waals surface area contributed by atoms with E-state index in [-0.39, 0.29) is 23.5 Å². The summed E-state index contributed by atoms with van der Waals surface area (Å²) < 4.78 is 27.4. The van der Waals surface area contributed by atoms with Crippen molar-refractivity contribution in [3.05, 3.63) is 0 Å². The zero-order valence-electron chi connectivity index (χ0n) is 13.8. The molecule has 2 bridgehead atoms. The number of sulfonamides is 1. The maximum absolute atomic E-state index is 12.5. The standard InChI is InChI=1S/C15H27NO4S2/c1-13(2)11-5-6-15(13,12(17)7-11)10-22(19,20)16-8-14(3,18)9-21-4/h11,16,18H,5-10H2,1-4H3/t11-,14+,15-/m0/s1. The molecule has 128 valence electrons. The van der Waals surface area contributed by atoms with Crippen molar-refractivity contribution in [1.29, 1.82) is 0 Å². The largest absolute Gasteiger partial charge is 0.388 e. The van der Waals surface area contributed by atoms with Gasteiger partial charge in [-0.05, 0) is 37.4 Å². The molecule has 0 heterocycles. The molecule has 0 saturated heterocycles. The second-order valence-electron chi connectivity index (χ2n) is 7.68. The van der Waals surface area contributed by atoms with Crippen LogP contribution in [-0.2, 0) is 14.8 Å². The minimum atomic E-state index is -3.60. The molecule has 2 rings (SSSR count). The Kier molecular flexibility index (Phi) is 4.77. The smallest absolute Gasteiger partial charge is 0.212 e. The Morgan fingerprint density at radius 3 is 2.55 bits per heavy atom. The molecule has 0 unspecified atom stereocenters. The van der Waals surface area contributed by atoms with Gasteiger partial charge in [0.05, 0.1) is 11.4 Å². The Balaban J connectivity index is 2.11. The van der Waals surface area contributed by atoms with E-state index in [0.29, 0.717) is 24.5 Å². The zero-order chi connectivity index (χ0) is 16.8. The maximum atomic E-state index is 12.5. The molecule has 3 atom stereocenters. The van der Waals surface area contributed by atoms with Gasteiger partial charge in [-0.1, -0.05) is 13.8 Å². The number of nitrogens with one attached hydrogen (secondary N) is 1. The Labute approximate surface area is 137 Å². The van der Waals surface area contributed by atoms with Crippen LogP contribution >= 0.6 is 11.8 Å². The highest BCUT2D eigenvalue weighted by Crippen LogP contribution is 2.64. The number of thioether (sulfide) groups is 1. The predicted octanol–water partition coefficient (Wildman–Crippen LogP) is 1.42. The summed E-state index contributed by atoms with van der Waals surface area (Å²) in [6.07, 6.45) is 3.96. The van der Waals surface area contributed by atoms with Crippen molar-refractivity contribution >= 4 is 27.6 Å². The van der Waals surface area contributed by atoms with Crippen molar-refractivity contribution in [1.82, 2.24) is 4.72 Å². The van der Waals surface area contributed by atoms with E-state index in [1.54, 1.807) is 6.92 Å². The molecule has 0 spiro atoms. The highest BCUT2D eigenvalue weighted by atomic mass is 32.2. The SMILES string of the molecule is CSC[C@](C)(O)CNS(=O)(=O)C[C@@]12CC[C@@H](CC1=O)C2(C)C. The molecule has 0 aromatic rings. The lowest BCUT2D eigenvalue weighted by Crippen LogP contribution is -2.48. The van der Waals surface area contributed by atoms with Crippen molar-refractivity contribution in [3.8, 4) is 0 Å². The number of Topliss-reactive ketones (excluding diaryl/α,β-unsaturated/α-hetero) is 1. The van der Waals surface area contributed by atoms with Crippen molar-refractivity contribution in [2.24, 2.45) is 16.7 Å².